The molecule has 0 spiro atoms. The average molecular weight is 466 g/mol. The third-order valence-corrected chi connectivity index (χ3v) is 5.05. The molecular weight excluding hydrogens is 440 g/mol. The molecule has 0 atom stereocenters. The fourth-order valence-electron chi connectivity index (χ4n) is 3.50. The predicted molar refractivity (Wildman–Crippen MR) is 116 cm³/mol. The summed E-state index contributed by atoms with van der Waals surface area (Å²) in [5.41, 5.74) is 5.27. The molecule has 0 saturated heterocycles. The second kappa shape index (κ2) is 13.4. The number of unbranched alkanes of at least 4 members (excludes halogenated alkanes) is 1. The van der Waals surface area contributed by atoms with Crippen molar-refractivity contribution in [1.29, 1.82) is 0 Å². The summed E-state index contributed by atoms with van der Waals surface area (Å²) in [6.45, 7) is 2.74. The summed E-state index contributed by atoms with van der Waals surface area (Å²) in [7, 11) is 0. The van der Waals surface area contributed by atoms with E-state index in [1.165, 1.54) is 0 Å². The molecule has 0 fully saturated rings. The number of benzene rings is 2. The van der Waals surface area contributed by atoms with Crippen LogP contribution < -0.4 is 108 Å². The Labute approximate surface area is 270 Å². The molecule has 0 amide bonds. The molecule has 6 nitrogen and oxygen atoms in total. The van der Waals surface area contributed by atoms with Crippen molar-refractivity contribution in [2.45, 2.75) is 32.7 Å². The number of nitrogens with zero attached hydrogens (tertiary/aromatic N) is 4. The van der Waals surface area contributed by atoms with Crippen molar-refractivity contribution in [2.75, 3.05) is 0 Å². The van der Waals surface area contributed by atoms with Gasteiger partial charge in [-0.2, -0.15) is 5.21 Å². The summed E-state index contributed by atoms with van der Waals surface area (Å²) in [5.74, 6) is 0.570. The molecular formula is C23H25K2N5O. The Morgan fingerprint density at radius 3 is 2.35 bits per heavy atom. The molecule has 0 aliphatic carbocycles. The monoisotopic (exact) mass is 465 g/mol. The number of tetrazole rings is 1. The molecule has 2 aromatic carbocycles. The van der Waals surface area contributed by atoms with Crippen LogP contribution in [0, 0.1) is 0 Å². The Morgan fingerprint density at radius 2 is 1.68 bits per heavy atom. The van der Waals surface area contributed by atoms with Crippen LogP contribution in [0.25, 0.3) is 22.5 Å². The third-order valence-electron chi connectivity index (χ3n) is 5.05. The molecule has 31 heavy (non-hydrogen) atoms. The summed E-state index contributed by atoms with van der Waals surface area (Å²) in [5, 5.41) is 14.4. The van der Waals surface area contributed by atoms with Gasteiger partial charge in [0.1, 0.15) is 0 Å². The Morgan fingerprint density at radius 1 is 0.935 bits per heavy atom. The van der Waals surface area contributed by atoms with Gasteiger partial charge in [0.25, 0.3) is 5.56 Å². The minimum atomic E-state index is 0. The quantitative estimate of drug-likeness (QED) is 0.331. The molecule has 0 unspecified atom stereocenters. The van der Waals surface area contributed by atoms with Crippen LogP contribution in [0.4, 0.5) is 0 Å². The zero-order valence-corrected chi connectivity index (χ0v) is 24.6. The second-order valence-corrected chi connectivity index (χ2v) is 7.02. The molecule has 150 valence electrons. The fourth-order valence-corrected chi connectivity index (χ4v) is 3.50. The predicted octanol–water partition coefficient (Wildman–Crippen LogP) is -1.68. The minimum absolute atomic E-state index is 0. The molecule has 8 heteroatoms. The van der Waals surface area contributed by atoms with Crippen molar-refractivity contribution in [3.05, 3.63) is 88.3 Å². The van der Waals surface area contributed by atoms with Gasteiger partial charge in [0.2, 0.25) is 5.82 Å². The van der Waals surface area contributed by atoms with E-state index in [9.17, 15) is 4.79 Å². The summed E-state index contributed by atoms with van der Waals surface area (Å²) in [4.78, 5) is 12.4. The zero-order chi connectivity index (χ0) is 20.1. The van der Waals surface area contributed by atoms with Crippen LogP contribution in [0.3, 0.4) is 0 Å². The molecule has 1 N–H and O–H groups in total. The number of aryl methyl sites for hydroxylation is 1. The van der Waals surface area contributed by atoms with Gasteiger partial charge in [0.05, 0.1) is 6.54 Å². The van der Waals surface area contributed by atoms with Gasteiger partial charge >= 0.3 is 103 Å². The van der Waals surface area contributed by atoms with E-state index in [0.717, 1.165) is 47.2 Å². The fraction of sp³-hybridized carbons (Fsp3) is 0.217. The number of hydrogen-bond donors (Lipinski definition) is 1. The Kier molecular flexibility index (Phi) is 11.7. The molecule has 0 radical (unpaired) electrons. The summed E-state index contributed by atoms with van der Waals surface area (Å²) >= 11 is 0. The molecule has 0 bridgehead atoms. The van der Waals surface area contributed by atoms with E-state index in [-0.39, 0.29) is 111 Å². The number of aromatic nitrogens is 5. The SMILES string of the molecule is CCCCc1cccc(=O)n1Cc1ccc(-c2ccccc2-c2nn[nH]n2)cc1.[H-].[H-].[K+].[K+]. The van der Waals surface area contributed by atoms with Crippen molar-refractivity contribution < 1.29 is 106 Å². The van der Waals surface area contributed by atoms with Crippen LogP contribution in [0.2, 0.25) is 0 Å². The van der Waals surface area contributed by atoms with E-state index in [1.807, 2.05) is 41.0 Å². The molecule has 4 aromatic rings. The maximum absolute atomic E-state index is 12.4. The molecule has 0 saturated carbocycles. The number of hydrogen-bond acceptors (Lipinski definition) is 4. The van der Waals surface area contributed by atoms with E-state index in [1.54, 1.807) is 6.07 Å². The first-order valence-electron chi connectivity index (χ1n) is 9.87. The van der Waals surface area contributed by atoms with E-state index in [4.69, 9.17) is 0 Å². The van der Waals surface area contributed by atoms with Gasteiger partial charge < -0.3 is 7.42 Å². The molecule has 2 aromatic heterocycles. The summed E-state index contributed by atoms with van der Waals surface area (Å²) in [6, 6.07) is 21.8. The largest absolute Gasteiger partial charge is 1.00 e. The van der Waals surface area contributed by atoms with Gasteiger partial charge in [-0.1, -0.05) is 67.9 Å². The standard InChI is InChI=1S/C23H23N5O.2K.2H/c1-2-3-7-19-8-6-11-22(29)28(19)16-17-12-14-18(15-13-17)20-9-4-5-10-21(20)23-24-26-27-25-23;;;;/h4-6,8-15H,2-3,7,16H2,1H3,(H,24,25,26,27);;;;/q;2*+1;2*-1. The van der Waals surface area contributed by atoms with E-state index in [0.29, 0.717) is 12.4 Å². The van der Waals surface area contributed by atoms with Crippen molar-refractivity contribution in [3.8, 4) is 22.5 Å². The van der Waals surface area contributed by atoms with Crippen molar-refractivity contribution in [2.24, 2.45) is 0 Å². The van der Waals surface area contributed by atoms with Gasteiger partial charge in [0.15, 0.2) is 0 Å². The summed E-state index contributed by atoms with van der Waals surface area (Å²) in [6.07, 6.45) is 3.11. The van der Waals surface area contributed by atoms with Crippen LogP contribution in [-0.4, -0.2) is 25.2 Å². The smallest absolute Gasteiger partial charge is 1.00 e. The van der Waals surface area contributed by atoms with Crippen LogP contribution in [0.15, 0.2) is 71.5 Å². The molecule has 4 rings (SSSR count). The molecule has 2 heterocycles. The number of nitrogens with one attached hydrogen (secondary N) is 1. The van der Waals surface area contributed by atoms with Crippen molar-refractivity contribution >= 4 is 0 Å². The van der Waals surface area contributed by atoms with Crippen molar-refractivity contribution in [1.82, 2.24) is 25.2 Å². The first-order chi connectivity index (χ1) is 14.3. The normalized spacial score (nSPS) is 10.2. The Bertz CT molecular complexity index is 1150. The summed E-state index contributed by atoms with van der Waals surface area (Å²) < 4.78 is 1.87. The Balaban J connectivity index is 0.00000256. The van der Waals surface area contributed by atoms with Crippen LogP contribution in [0.5, 0.6) is 0 Å². The van der Waals surface area contributed by atoms with E-state index < -0.39 is 0 Å². The third kappa shape index (κ3) is 6.86. The maximum Gasteiger partial charge on any atom is 1.00 e. The maximum atomic E-state index is 12.4. The van der Waals surface area contributed by atoms with E-state index >= 15 is 0 Å². The van der Waals surface area contributed by atoms with E-state index in [2.05, 4.69) is 51.8 Å². The Hall–Kier alpha value is -0.267. The number of aromatic amines is 1. The average Bonchev–Trinajstić information content (AvgIpc) is 3.29. The number of pyridine rings is 1. The minimum Gasteiger partial charge on any atom is -1.00 e. The number of H-pyrrole nitrogens is 1. The van der Waals surface area contributed by atoms with Crippen LogP contribution in [0.1, 0.15) is 33.9 Å². The van der Waals surface area contributed by atoms with Gasteiger partial charge in [0, 0.05) is 17.3 Å². The van der Waals surface area contributed by atoms with Gasteiger partial charge in [-0.3, -0.25) is 4.79 Å². The van der Waals surface area contributed by atoms with Gasteiger partial charge in [-0.15, -0.1) is 10.2 Å². The number of rotatable bonds is 7. The zero-order valence-electron chi connectivity index (χ0n) is 20.4. The van der Waals surface area contributed by atoms with Gasteiger partial charge in [-0.05, 0) is 40.8 Å². The van der Waals surface area contributed by atoms with Crippen LogP contribution >= 0.6 is 0 Å². The van der Waals surface area contributed by atoms with Crippen LogP contribution in [-0.2, 0) is 13.0 Å². The van der Waals surface area contributed by atoms with Gasteiger partial charge in [-0.25, -0.2) is 0 Å². The topological polar surface area (TPSA) is 76.5 Å². The molecule has 0 aliphatic heterocycles. The molecule has 0 aliphatic rings. The first-order valence-corrected chi connectivity index (χ1v) is 9.87. The first kappa shape index (κ1) is 27.0. The van der Waals surface area contributed by atoms with Crippen molar-refractivity contribution in [3.63, 3.8) is 0 Å². The second-order valence-electron chi connectivity index (χ2n) is 7.02.